The van der Waals surface area contributed by atoms with Crippen molar-refractivity contribution in [3.8, 4) is 5.75 Å². The van der Waals surface area contributed by atoms with E-state index in [0.29, 0.717) is 5.33 Å². The topological polar surface area (TPSA) is 22.1 Å². The Morgan fingerprint density at radius 2 is 2.14 bits per heavy atom. The van der Waals surface area contributed by atoms with Gasteiger partial charge in [0.05, 0.1) is 6.61 Å². The number of hydrogen-bond acceptors (Lipinski definition) is 2. The van der Waals surface area contributed by atoms with E-state index in [4.69, 9.17) is 4.74 Å². The van der Waals surface area contributed by atoms with Gasteiger partial charge in [-0.3, -0.25) is 0 Å². The normalized spacial score (nSPS) is 11.4. The van der Waals surface area contributed by atoms with E-state index in [1.807, 2.05) is 0 Å². The third-order valence-corrected chi connectivity index (χ3v) is 1.70. The summed E-state index contributed by atoms with van der Waals surface area (Å²) in [5.41, 5.74) is -0.985. The van der Waals surface area contributed by atoms with Gasteiger partial charge >= 0.3 is 6.18 Å². The molecule has 1 aromatic heterocycles. The monoisotopic (exact) mass is 269 g/mol. The minimum atomic E-state index is -4.47. The molecule has 0 saturated heterocycles. The van der Waals surface area contributed by atoms with Crippen LogP contribution in [0.15, 0.2) is 18.3 Å². The first-order valence-corrected chi connectivity index (χ1v) is 4.89. The Bertz CT molecular complexity index is 303. The molecule has 0 spiro atoms. The zero-order valence-electron chi connectivity index (χ0n) is 7.01. The Labute approximate surface area is 87.2 Å². The third kappa shape index (κ3) is 2.87. The lowest BCUT2D eigenvalue weighted by molar-refractivity contribution is -0.142. The molecule has 1 rings (SSSR count). The number of rotatable bonds is 3. The predicted molar refractivity (Wildman–Crippen MR) is 48.5 cm³/mol. The smallest absolute Gasteiger partial charge is 0.437 e. The lowest BCUT2D eigenvalue weighted by Crippen LogP contribution is -2.11. The maximum absolute atomic E-state index is 12.3. The number of alkyl halides is 4. The van der Waals surface area contributed by atoms with E-state index in [1.54, 1.807) is 0 Å². The fourth-order valence-corrected chi connectivity index (χ4v) is 1.03. The second kappa shape index (κ2) is 4.63. The van der Waals surface area contributed by atoms with Gasteiger partial charge in [0.25, 0.3) is 0 Å². The van der Waals surface area contributed by atoms with Gasteiger partial charge in [0, 0.05) is 11.5 Å². The molecule has 2 nitrogen and oxygen atoms in total. The number of nitrogens with zero attached hydrogens (tertiary/aromatic N) is 1. The maximum Gasteiger partial charge on any atom is 0.437 e. The van der Waals surface area contributed by atoms with Crippen molar-refractivity contribution in [1.29, 1.82) is 0 Å². The number of ether oxygens (including phenoxy) is 1. The number of hydrogen-bond donors (Lipinski definition) is 0. The van der Waals surface area contributed by atoms with Crippen LogP contribution in [0.5, 0.6) is 5.75 Å². The molecule has 1 heterocycles. The van der Waals surface area contributed by atoms with Crippen molar-refractivity contribution < 1.29 is 17.9 Å². The summed E-state index contributed by atoms with van der Waals surface area (Å²) in [5.74, 6) is -0.237. The summed E-state index contributed by atoms with van der Waals surface area (Å²) < 4.78 is 41.8. The highest BCUT2D eigenvalue weighted by molar-refractivity contribution is 9.09. The van der Waals surface area contributed by atoms with E-state index in [9.17, 15) is 13.2 Å². The average Bonchev–Trinajstić information content (AvgIpc) is 2.14. The van der Waals surface area contributed by atoms with E-state index in [1.165, 1.54) is 12.1 Å². The molecule has 0 atom stereocenters. The van der Waals surface area contributed by atoms with Gasteiger partial charge in [0.2, 0.25) is 0 Å². The van der Waals surface area contributed by atoms with Crippen molar-refractivity contribution in [2.45, 2.75) is 6.18 Å². The van der Waals surface area contributed by atoms with E-state index < -0.39 is 11.9 Å². The largest absolute Gasteiger partial charge is 0.490 e. The van der Waals surface area contributed by atoms with Crippen LogP contribution in [0, 0.1) is 0 Å². The van der Waals surface area contributed by atoms with Crippen LogP contribution in [0.4, 0.5) is 13.2 Å². The fourth-order valence-electron chi connectivity index (χ4n) is 0.868. The molecule has 14 heavy (non-hydrogen) atoms. The number of pyridine rings is 1. The van der Waals surface area contributed by atoms with Gasteiger partial charge in [-0.1, -0.05) is 15.9 Å². The summed E-state index contributed by atoms with van der Waals surface area (Å²) in [7, 11) is 0. The van der Waals surface area contributed by atoms with Gasteiger partial charge in [-0.15, -0.1) is 0 Å². The Balaban J connectivity index is 2.92. The molecule has 0 radical (unpaired) electrons. The quantitative estimate of drug-likeness (QED) is 0.788. The molecule has 0 fully saturated rings. The van der Waals surface area contributed by atoms with E-state index in [0.717, 1.165) is 6.20 Å². The number of aromatic nitrogens is 1. The van der Waals surface area contributed by atoms with Crippen molar-refractivity contribution in [2.24, 2.45) is 0 Å². The lowest BCUT2D eigenvalue weighted by Gasteiger charge is -2.11. The van der Waals surface area contributed by atoms with Crippen LogP contribution in [-0.2, 0) is 6.18 Å². The first kappa shape index (κ1) is 11.3. The van der Waals surface area contributed by atoms with Gasteiger partial charge in [-0.25, -0.2) is 4.98 Å². The molecule has 78 valence electrons. The highest BCUT2D eigenvalue weighted by Gasteiger charge is 2.36. The molecule has 0 N–H and O–H groups in total. The van der Waals surface area contributed by atoms with Crippen molar-refractivity contribution in [1.82, 2.24) is 4.98 Å². The molecule has 0 aliphatic carbocycles. The Kier molecular flexibility index (Phi) is 3.74. The zero-order chi connectivity index (χ0) is 10.6. The molecule has 6 heteroatoms. The standard InChI is InChI=1S/C8H7BrF3NO/c9-3-5-14-6-2-1-4-13-7(6)8(10,11)12/h1-2,4H,3,5H2. The Hall–Kier alpha value is -0.780. The predicted octanol–water partition coefficient (Wildman–Crippen LogP) is 2.87. The molecule has 0 aliphatic rings. The molecular formula is C8H7BrF3NO. The highest BCUT2D eigenvalue weighted by Crippen LogP contribution is 2.33. The maximum atomic E-state index is 12.3. The van der Waals surface area contributed by atoms with Gasteiger partial charge < -0.3 is 4.74 Å². The van der Waals surface area contributed by atoms with Crippen molar-refractivity contribution in [2.75, 3.05) is 11.9 Å². The average molecular weight is 270 g/mol. The molecule has 0 aliphatic heterocycles. The second-order valence-corrected chi connectivity index (χ2v) is 3.18. The molecule has 0 aromatic carbocycles. The second-order valence-electron chi connectivity index (χ2n) is 2.39. The summed E-state index contributed by atoms with van der Waals surface area (Å²) in [6, 6.07) is 2.65. The van der Waals surface area contributed by atoms with Crippen molar-refractivity contribution in [3.63, 3.8) is 0 Å². The van der Waals surface area contributed by atoms with Crippen LogP contribution < -0.4 is 4.74 Å². The lowest BCUT2D eigenvalue weighted by atomic mass is 10.3. The van der Waals surface area contributed by atoms with Crippen molar-refractivity contribution >= 4 is 15.9 Å². The van der Waals surface area contributed by atoms with Gasteiger partial charge in [0.15, 0.2) is 5.69 Å². The first-order valence-electron chi connectivity index (χ1n) is 3.76. The molecule has 0 saturated carbocycles. The third-order valence-electron chi connectivity index (χ3n) is 1.37. The molecule has 0 amide bonds. The van der Waals surface area contributed by atoms with E-state index in [-0.39, 0.29) is 12.4 Å². The summed E-state index contributed by atoms with van der Waals surface area (Å²) in [4.78, 5) is 3.24. The van der Waals surface area contributed by atoms with Crippen LogP contribution in [0.2, 0.25) is 0 Å². The summed E-state index contributed by atoms with van der Waals surface area (Å²) in [6.07, 6.45) is -3.38. The van der Waals surface area contributed by atoms with E-state index in [2.05, 4.69) is 20.9 Å². The Morgan fingerprint density at radius 3 is 2.71 bits per heavy atom. The van der Waals surface area contributed by atoms with Crippen LogP contribution in [0.1, 0.15) is 5.69 Å². The highest BCUT2D eigenvalue weighted by atomic mass is 79.9. The fraction of sp³-hybridized carbons (Fsp3) is 0.375. The van der Waals surface area contributed by atoms with E-state index >= 15 is 0 Å². The Morgan fingerprint density at radius 1 is 1.43 bits per heavy atom. The van der Waals surface area contributed by atoms with Crippen LogP contribution in [0.25, 0.3) is 0 Å². The van der Waals surface area contributed by atoms with Crippen LogP contribution in [-0.4, -0.2) is 16.9 Å². The van der Waals surface area contributed by atoms with Gasteiger partial charge in [0.1, 0.15) is 5.75 Å². The first-order chi connectivity index (χ1) is 6.55. The summed E-state index contributed by atoms with van der Waals surface area (Å²) in [6.45, 7) is 0.175. The van der Waals surface area contributed by atoms with Crippen molar-refractivity contribution in [3.05, 3.63) is 24.0 Å². The summed E-state index contributed by atoms with van der Waals surface area (Å²) in [5, 5.41) is 0.471. The van der Waals surface area contributed by atoms with Crippen LogP contribution >= 0.6 is 15.9 Å². The minimum absolute atomic E-state index is 0.175. The minimum Gasteiger partial charge on any atom is -0.490 e. The summed E-state index contributed by atoms with van der Waals surface area (Å²) >= 11 is 3.06. The molecule has 0 bridgehead atoms. The van der Waals surface area contributed by atoms with Gasteiger partial charge in [-0.2, -0.15) is 13.2 Å². The van der Waals surface area contributed by atoms with Crippen LogP contribution in [0.3, 0.4) is 0 Å². The van der Waals surface area contributed by atoms with Gasteiger partial charge in [-0.05, 0) is 12.1 Å². The number of halogens is 4. The molecule has 0 unspecified atom stereocenters. The molecular weight excluding hydrogens is 263 g/mol. The SMILES string of the molecule is FC(F)(F)c1ncccc1OCCBr. The zero-order valence-corrected chi connectivity index (χ0v) is 8.60. The molecule has 1 aromatic rings.